The Morgan fingerprint density at radius 3 is 2.60 bits per heavy atom. The molecule has 0 unspecified atom stereocenters. The van der Waals surface area contributed by atoms with E-state index >= 15 is 0 Å². The van der Waals surface area contributed by atoms with Crippen molar-refractivity contribution in [1.29, 1.82) is 0 Å². The summed E-state index contributed by atoms with van der Waals surface area (Å²) in [7, 11) is 0. The monoisotopic (exact) mass is 271 g/mol. The van der Waals surface area contributed by atoms with Crippen molar-refractivity contribution >= 4 is 17.3 Å². The molecule has 0 bridgehead atoms. The first kappa shape index (κ1) is 14.3. The van der Waals surface area contributed by atoms with Crippen molar-refractivity contribution in [2.45, 2.75) is 26.7 Å². The van der Waals surface area contributed by atoms with Crippen LogP contribution in [-0.2, 0) is 0 Å². The van der Waals surface area contributed by atoms with Gasteiger partial charge in [-0.05, 0) is 25.5 Å². The minimum absolute atomic E-state index is 0.630. The van der Waals surface area contributed by atoms with E-state index in [1.807, 2.05) is 31.2 Å². The predicted molar refractivity (Wildman–Crippen MR) is 82.9 cm³/mol. The van der Waals surface area contributed by atoms with Crippen LogP contribution < -0.4 is 16.2 Å². The molecule has 0 atom stereocenters. The molecule has 3 N–H and O–H groups in total. The fourth-order valence-electron chi connectivity index (χ4n) is 2.06. The minimum Gasteiger partial charge on any atom is -0.326 e. The maximum atomic E-state index is 5.47. The topological polar surface area (TPSA) is 67.1 Å². The van der Waals surface area contributed by atoms with E-state index in [-0.39, 0.29) is 0 Å². The molecule has 0 amide bonds. The molecule has 0 fully saturated rings. The van der Waals surface area contributed by atoms with E-state index in [2.05, 4.69) is 39.4 Å². The van der Waals surface area contributed by atoms with Gasteiger partial charge >= 0.3 is 0 Å². The fraction of sp³-hybridized carbons (Fsp3) is 0.333. The van der Waals surface area contributed by atoms with Crippen LogP contribution in [0.15, 0.2) is 36.4 Å². The third-order valence-corrected chi connectivity index (χ3v) is 3.05. The summed E-state index contributed by atoms with van der Waals surface area (Å²) in [6, 6.07) is 12.1. The van der Waals surface area contributed by atoms with Gasteiger partial charge in [0.05, 0.1) is 0 Å². The van der Waals surface area contributed by atoms with Crippen LogP contribution in [0.3, 0.4) is 0 Å². The number of nitrogens with one attached hydrogen (secondary N) is 1. The molecule has 0 radical (unpaired) electrons. The molecule has 5 nitrogen and oxygen atoms in total. The van der Waals surface area contributed by atoms with Crippen molar-refractivity contribution in [3.05, 3.63) is 42.2 Å². The molecular formula is C15H21N5. The smallest absolute Gasteiger partial charge is 0.145 e. The van der Waals surface area contributed by atoms with Gasteiger partial charge in [-0.3, -0.25) is 0 Å². The summed E-state index contributed by atoms with van der Waals surface area (Å²) in [6.07, 6.45) is 2.23. The number of aryl methyl sites for hydroxylation is 1. The maximum Gasteiger partial charge on any atom is 0.145 e. The number of hydrogen-bond donors (Lipinski definition) is 2. The molecule has 1 heterocycles. The van der Waals surface area contributed by atoms with Crippen molar-refractivity contribution in [2.75, 3.05) is 16.9 Å². The van der Waals surface area contributed by atoms with Gasteiger partial charge in [0.15, 0.2) is 0 Å². The molecule has 2 aromatic rings. The summed E-state index contributed by atoms with van der Waals surface area (Å²) in [5.41, 5.74) is 3.72. The summed E-state index contributed by atoms with van der Waals surface area (Å²) >= 11 is 0. The van der Waals surface area contributed by atoms with E-state index in [9.17, 15) is 0 Å². The number of para-hydroxylation sites is 1. The molecule has 1 aromatic carbocycles. The van der Waals surface area contributed by atoms with Gasteiger partial charge in [0.25, 0.3) is 0 Å². The number of nitrogens with zero attached hydrogens (tertiary/aromatic N) is 3. The number of nitrogen functional groups attached to an aromatic ring is 1. The number of rotatable bonds is 6. The highest BCUT2D eigenvalue weighted by Gasteiger charge is 2.12. The Kier molecular flexibility index (Phi) is 4.90. The Bertz CT molecular complexity index is 541. The van der Waals surface area contributed by atoms with Crippen LogP contribution in [0.25, 0.3) is 0 Å². The molecule has 0 saturated carbocycles. The Labute approximate surface area is 119 Å². The highest BCUT2D eigenvalue weighted by Crippen LogP contribution is 2.25. The van der Waals surface area contributed by atoms with Crippen LogP contribution in [-0.4, -0.2) is 16.5 Å². The van der Waals surface area contributed by atoms with Crippen molar-refractivity contribution in [1.82, 2.24) is 9.97 Å². The molecular weight excluding hydrogens is 250 g/mol. The van der Waals surface area contributed by atoms with E-state index < -0.39 is 0 Å². The lowest BCUT2D eigenvalue weighted by molar-refractivity contribution is 0.776. The number of hydrogen-bond acceptors (Lipinski definition) is 5. The zero-order valence-electron chi connectivity index (χ0n) is 12.0. The minimum atomic E-state index is 0.630. The number of aromatic nitrogens is 2. The van der Waals surface area contributed by atoms with Gasteiger partial charge < -0.3 is 10.3 Å². The van der Waals surface area contributed by atoms with Gasteiger partial charge in [0.2, 0.25) is 0 Å². The first-order valence-electron chi connectivity index (χ1n) is 6.89. The molecule has 106 valence electrons. The highest BCUT2D eigenvalue weighted by molar-refractivity contribution is 5.62. The van der Waals surface area contributed by atoms with Gasteiger partial charge in [-0.1, -0.05) is 31.5 Å². The van der Waals surface area contributed by atoms with E-state index in [0.29, 0.717) is 11.6 Å². The predicted octanol–water partition coefficient (Wildman–Crippen LogP) is 3.01. The molecule has 2 rings (SSSR count). The number of hydrazine groups is 1. The molecule has 0 aliphatic carbocycles. The molecule has 1 aromatic heterocycles. The third-order valence-electron chi connectivity index (χ3n) is 3.05. The largest absolute Gasteiger partial charge is 0.326 e. The summed E-state index contributed by atoms with van der Waals surface area (Å²) in [5.74, 6) is 7.66. The lowest BCUT2D eigenvalue weighted by Crippen LogP contribution is -2.21. The molecule has 5 heteroatoms. The van der Waals surface area contributed by atoms with Gasteiger partial charge in [0, 0.05) is 18.3 Å². The number of nitrogens with two attached hydrogens (primary N) is 1. The molecule has 0 saturated heterocycles. The van der Waals surface area contributed by atoms with E-state index in [1.165, 1.54) is 0 Å². The average molecular weight is 271 g/mol. The van der Waals surface area contributed by atoms with Crippen molar-refractivity contribution in [2.24, 2.45) is 5.84 Å². The summed E-state index contributed by atoms with van der Waals surface area (Å²) in [4.78, 5) is 11.0. The van der Waals surface area contributed by atoms with Crippen LogP contribution in [0.2, 0.25) is 0 Å². The van der Waals surface area contributed by atoms with Crippen LogP contribution in [0.4, 0.5) is 17.3 Å². The average Bonchev–Trinajstić information content (AvgIpc) is 2.48. The summed E-state index contributed by atoms with van der Waals surface area (Å²) in [6.45, 7) is 4.97. The van der Waals surface area contributed by atoms with Crippen LogP contribution in [0.1, 0.15) is 25.6 Å². The Hall–Kier alpha value is -2.14. The SMILES string of the molecule is CCCCN(c1ccccc1)c1cc(NN)nc(C)n1. The second kappa shape index (κ2) is 6.86. The fourth-order valence-corrected chi connectivity index (χ4v) is 2.06. The van der Waals surface area contributed by atoms with E-state index in [4.69, 9.17) is 5.84 Å². The second-order valence-electron chi connectivity index (χ2n) is 4.64. The van der Waals surface area contributed by atoms with Crippen LogP contribution >= 0.6 is 0 Å². The van der Waals surface area contributed by atoms with Crippen molar-refractivity contribution in [3.63, 3.8) is 0 Å². The Morgan fingerprint density at radius 1 is 1.20 bits per heavy atom. The van der Waals surface area contributed by atoms with E-state index in [0.717, 1.165) is 30.9 Å². The quantitative estimate of drug-likeness (QED) is 0.624. The van der Waals surface area contributed by atoms with Gasteiger partial charge in [-0.2, -0.15) is 0 Å². The Balaban J connectivity index is 2.38. The maximum absolute atomic E-state index is 5.47. The van der Waals surface area contributed by atoms with Crippen LogP contribution in [0.5, 0.6) is 0 Å². The molecule has 0 spiro atoms. The number of anilines is 3. The van der Waals surface area contributed by atoms with Crippen LogP contribution in [0, 0.1) is 6.92 Å². The standard InChI is InChI=1S/C15H21N5/c1-3-4-10-20(13-8-6-5-7-9-13)15-11-14(19-16)17-12(2)18-15/h5-9,11H,3-4,10,16H2,1-2H3,(H,17,18,19). The lowest BCUT2D eigenvalue weighted by Gasteiger charge is -2.24. The summed E-state index contributed by atoms with van der Waals surface area (Å²) in [5, 5.41) is 0. The first-order chi connectivity index (χ1) is 9.74. The zero-order valence-corrected chi connectivity index (χ0v) is 12.0. The highest BCUT2D eigenvalue weighted by atomic mass is 15.3. The lowest BCUT2D eigenvalue weighted by atomic mass is 10.2. The molecule has 20 heavy (non-hydrogen) atoms. The second-order valence-corrected chi connectivity index (χ2v) is 4.64. The zero-order chi connectivity index (χ0) is 14.4. The summed E-state index contributed by atoms with van der Waals surface area (Å²) < 4.78 is 0. The molecule has 0 aliphatic heterocycles. The van der Waals surface area contributed by atoms with E-state index in [1.54, 1.807) is 0 Å². The number of benzene rings is 1. The third kappa shape index (κ3) is 3.45. The van der Waals surface area contributed by atoms with Gasteiger partial charge in [0.1, 0.15) is 17.5 Å². The van der Waals surface area contributed by atoms with Crippen molar-refractivity contribution in [3.8, 4) is 0 Å². The Morgan fingerprint density at radius 2 is 1.95 bits per heavy atom. The van der Waals surface area contributed by atoms with Crippen molar-refractivity contribution < 1.29 is 0 Å². The normalized spacial score (nSPS) is 10.3. The molecule has 0 aliphatic rings. The van der Waals surface area contributed by atoms with Gasteiger partial charge in [-0.15, -0.1) is 0 Å². The number of unbranched alkanes of at least 4 members (excludes halogenated alkanes) is 1. The first-order valence-corrected chi connectivity index (χ1v) is 6.89. The van der Waals surface area contributed by atoms with Gasteiger partial charge in [-0.25, -0.2) is 15.8 Å².